The Morgan fingerprint density at radius 1 is 1.14 bits per heavy atom. The van der Waals surface area contributed by atoms with E-state index in [1.54, 1.807) is 49.4 Å². The molecule has 0 heterocycles. The molecule has 0 saturated carbocycles. The minimum absolute atomic E-state index is 0.0631. The van der Waals surface area contributed by atoms with E-state index in [0.717, 1.165) is 0 Å². The molecule has 0 unspecified atom stereocenters. The average molecular weight is 296 g/mol. The first-order chi connectivity index (χ1) is 10.5. The molecule has 0 radical (unpaired) electrons. The van der Waals surface area contributed by atoms with E-state index in [-0.39, 0.29) is 23.7 Å². The van der Waals surface area contributed by atoms with Crippen molar-refractivity contribution in [1.82, 2.24) is 0 Å². The topological polar surface area (TPSA) is 63.6 Å². The maximum absolute atomic E-state index is 12.4. The van der Waals surface area contributed by atoms with Crippen LogP contribution in [0.3, 0.4) is 0 Å². The molecule has 0 aliphatic heterocycles. The predicted molar refractivity (Wildman–Crippen MR) is 82.6 cm³/mol. The molecule has 0 atom stereocenters. The Hall–Kier alpha value is -2.88. The molecular formula is C18H16O4. The molecule has 112 valence electrons. The summed E-state index contributed by atoms with van der Waals surface area (Å²) in [5.74, 6) is -0.824. The van der Waals surface area contributed by atoms with Crippen molar-refractivity contribution in [2.24, 2.45) is 0 Å². The van der Waals surface area contributed by atoms with Gasteiger partial charge >= 0.3 is 5.97 Å². The third-order valence-electron chi connectivity index (χ3n) is 3.06. The van der Waals surface area contributed by atoms with Crippen LogP contribution in [0.5, 0.6) is 5.75 Å². The number of hydrogen-bond acceptors (Lipinski definition) is 4. The molecule has 0 bridgehead atoms. The summed E-state index contributed by atoms with van der Waals surface area (Å²) in [7, 11) is 0. The van der Waals surface area contributed by atoms with Gasteiger partial charge in [0.25, 0.3) is 0 Å². The van der Waals surface area contributed by atoms with Crippen LogP contribution in [-0.2, 0) is 16.1 Å². The minimum atomic E-state index is -0.475. The highest BCUT2D eigenvalue weighted by molar-refractivity contribution is 6.10. The van der Waals surface area contributed by atoms with E-state index < -0.39 is 5.97 Å². The van der Waals surface area contributed by atoms with Crippen LogP contribution in [0.25, 0.3) is 0 Å². The summed E-state index contributed by atoms with van der Waals surface area (Å²) in [5.41, 5.74) is 1.67. The maximum atomic E-state index is 12.4. The fourth-order valence-corrected chi connectivity index (χ4v) is 1.90. The predicted octanol–water partition coefficient (Wildman–Crippen LogP) is 3.24. The van der Waals surface area contributed by atoms with Gasteiger partial charge in [0.15, 0.2) is 5.78 Å². The van der Waals surface area contributed by atoms with Gasteiger partial charge in [-0.05, 0) is 30.7 Å². The number of esters is 1. The van der Waals surface area contributed by atoms with Crippen LogP contribution in [0.4, 0.5) is 0 Å². The van der Waals surface area contributed by atoms with E-state index in [4.69, 9.17) is 4.74 Å². The molecule has 0 aliphatic rings. The van der Waals surface area contributed by atoms with Gasteiger partial charge in [-0.3, -0.25) is 4.79 Å². The van der Waals surface area contributed by atoms with Crippen molar-refractivity contribution in [3.8, 4) is 5.75 Å². The highest BCUT2D eigenvalue weighted by atomic mass is 16.5. The number of para-hydroxylation sites is 1. The van der Waals surface area contributed by atoms with E-state index in [1.807, 2.05) is 0 Å². The minimum Gasteiger partial charge on any atom is -0.507 e. The van der Waals surface area contributed by atoms with Crippen LogP contribution >= 0.6 is 0 Å². The lowest BCUT2D eigenvalue weighted by Gasteiger charge is -2.07. The Labute approximate surface area is 128 Å². The number of hydrogen-bond donors (Lipinski definition) is 1. The summed E-state index contributed by atoms with van der Waals surface area (Å²) in [6.07, 6.45) is 0. The molecule has 0 fully saturated rings. The van der Waals surface area contributed by atoms with E-state index in [2.05, 4.69) is 6.58 Å². The molecule has 0 spiro atoms. The van der Waals surface area contributed by atoms with Gasteiger partial charge in [0, 0.05) is 11.1 Å². The Bertz CT molecular complexity index is 731. The highest BCUT2D eigenvalue weighted by Gasteiger charge is 2.13. The lowest BCUT2D eigenvalue weighted by Crippen LogP contribution is -2.06. The highest BCUT2D eigenvalue weighted by Crippen LogP contribution is 2.20. The van der Waals surface area contributed by atoms with Crippen molar-refractivity contribution in [3.05, 3.63) is 77.4 Å². The van der Waals surface area contributed by atoms with Crippen LogP contribution < -0.4 is 0 Å². The molecule has 1 N–H and O–H groups in total. The van der Waals surface area contributed by atoms with Crippen molar-refractivity contribution >= 4 is 11.8 Å². The number of carbonyl (C=O) groups is 2. The van der Waals surface area contributed by atoms with Gasteiger partial charge in [-0.1, -0.05) is 36.9 Å². The quantitative estimate of drug-likeness (QED) is 0.522. The number of phenolic OH excluding ortho intramolecular Hbond substituents is 1. The monoisotopic (exact) mass is 296 g/mol. The lowest BCUT2D eigenvalue weighted by molar-refractivity contribution is -0.140. The molecule has 4 nitrogen and oxygen atoms in total. The summed E-state index contributed by atoms with van der Waals surface area (Å²) >= 11 is 0. The van der Waals surface area contributed by atoms with E-state index in [1.165, 1.54) is 6.07 Å². The third kappa shape index (κ3) is 3.61. The molecule has 4 heteroatoms. The second-order valence-electron chi connectivity index (χ2n) is 4.90. The first kappa shape index (κ1) is 15.5. The molecule has 2 aromatic carbocycles. The van der Waals surface area contributed by atoms with Gasteiger partial charge in [-0.15, -0.1) is 0 Å². The van der Waals surface area contributed by atoms with E-state index in [0.29, 0.717) is 16.7 Å². The number of aromatic hydroxyl groups is 1. The molecule has 2 rings (SSSR count). The zero-order chi connectivity index (χ0) is 16.1. The van der Waals surface area contributed by atoms with Crippen molar-refractivity contribution in [2.75, 3.05) is 0 Å². The number of ether oxygens (including phenoxy) is 1. The van der Waals surface area contributed by atoms with Crippen molar-refractivity contribution < 1.29 is 19.4 Å². The SMILES string of the molecule is C=C(C)C(=O)OCc1cccc(C(=O)c2ccccc2O)c1. The number of carbonyl (C=O) groups excluding carboxylic acids is 2. The fourth-order valence-electron chi connectivity index (χ4n) is 1.90. The summed E-state index contributed by atoms with van der Waals surface area (Å²) < 4.78 is 5.05. The third-order valence-corrected chi connectivity index (χ3v) is 3.06. The van der Waals surface area contributed by atoms with Crippen LogP contribution in [-0.4, -0.2) is 16.9 Å². The number of rotatable bonds is 5. The average Bonchev–Trinajstić information content (AvgIpc) is 2.52. The van der Waals surface area contributed by atoms with Crippen LogP contribution in [0.1, 0.15) is 28.4 Å². The van der Waals surface area contributed by atoms with Gasteiger partial charge in [0.2, 0.25) is 0 Å². The summed E-state index contributed by atoms with van der Waals surface area (Å²) in [6, 6.07) is 13.1. The molecule has 22 heavy (non-hydrogen) atoms. The number of ketones is 1. The zero-order valence-electron chi connectivity index (χ0n) is 12.2. The Kier molecular flexibility index (Phi) is 4.73. The van der Waals surface area contributed by atoms with Crippen molar-refractivity contribution in [3.63, 3.8) is 0 Å². The first-order valence-electron chi connectivity index (χ1n) is 6.73. The summed E-state index contributed by atoms with van der Waals surface area (Å²) in [6.45, 7) is 5.14. The number of benzene rings is 2. The second kappa shape index (κ2) is 6.72. The van der Waals surface area contributed by atoms with Gasteiger partial charge in [0.1, 0.15) is 12.4 Å². The Morgan fingerprint density at radius 2 is 1.86 bits per heavy atom. The summed E-state index contributed by atoms with van der Waals surface area (Å²) in [4.78, 5) is 23.8. The lowest BCUT2D eigenvalue weighted by atomic mass is 10.0. The van der Waals surface area contributed by atoms with Gasteiger partial charge < -0.3 is 9.84 Å². The molecule has 0 aromatic heterocycles. The van der Waals surface area contributed by atoms with Gasteiger partial charge in [-0.2, -0.15) is 0 Å². The Balaban J connectivity index is 2.18. The molecule has 0 saturated heterocycles. The molecular weight excluding hydrogens is 280 g/mol. The van der Waals surface area contributed by atoms with Crippen LogP contribution in [0, 0.1) is 0 Å². The van der Waals surface area contributed by atoms with Gasteiger partial charge in [0.05, 0.1) is 5.56 Å². The molecule has 0 amide bonds. The Morgan fingerprint density at radius 3 is 2.55 bits per heavy atom. The first-order valence-corrected chi connectivity index (χ1v) is 6.73. The summed E-state index contributed by atoms with van der Waals surface area (Å²) in [5, 5.41) is 9.75. The standard InChI is InChI=1S/C18H16O4/c1-12(2)18(21)22-11-13-6-5-7-14(10-13)17(20)15-8-3-4-9-16(15)19/h3-10,19H,1,11H2,2H3. The second-order valence-corrected chi connectivity index (χ2v) is 4.90. The smallest absolute Gasteiger partial charge is 0.333 e. The van der Waals surface area contributed by atoms with E-state index in [9.17, 15) is 14.7 Å². The normalized spacial score (nSPS) is 10.0. The van der Waals surface area contributed by atoms with Crippen molar-refractivity contribution in [1.29, 1.82) is 0 Å². The number of phenols is 1. The molecule has 0 aliphatic carbocycles. The van der Waals surface area contributed by atoms with Crippen LogP contribution in [0.15, 0.2) is 60.7 Å². The fraction of sp³-hybridized carbons (Fsp3) is 0.111. The molecule has 2 aromatic rings. The van der Waals surface area contributed by atoms with E-state index >= 15 is 0 Å². The zero-order valence-corrected chi connectivity index (χ0v) is 12.2. The largest absolute Gasteiger partial charge is 0.507 e. The van der Waals surface area contributed by atoms with Crippen molar-refractivity contribution in [2.45, 2.75) is 13.5 Å². The van der Waals surface area contributed by atoms with Gasteiger partial charge in [-0.25, -0.2) is 4.79 Å². The maximum Gasteiger partial charge on any atom is 0.333 e. The van der Waals surface area contributed by atoms with Crippen LogP contribution in [0.2, 0.25) is 0 Å².